The van der Waals surface area contributed by atoms with Gasteiger partial charge < -0.3 is 4.90 Å². The lowest BCUT2D eigenvalue weighted by Crippen LogP contribution is -2.40. The highest BCUT2D eigenvalue weighted by atomic mass is 32.2. The largest absolute Gasteiger partial charge is 0.301 e. The molecule has 0 saturated carbocycles. The maximum atomic E-state index is 11.7. The predicted octanol–water partition coefficient (Wildman–Crippen LogP) is 3.27. The molecule has 5 heterocycles. The molecule has 36 heavy (non-hydrogen) atoms. The van der Waals surface area contributed by atoms with Crippen molar-refractivity contribution in [3.8, 4) is 16.9 Å². The molecule has 0 unspecified atom stereocenters. The summed E-state index contributed by atoms with van der Waals surface area (Å²) in [4.78, 5) is 7.36. The molecule has 186 valence electrons. The molecule has 5 aromatic rings. The van der Waals surface area contributed by atoms with Crippen LogP contribution in [0.15, 0.2) is 48.9 Å². The summed E-state index contributed by atoms with van der Waals surface area (Å²) in [6.45, 7) is 4.18. The molecule has 0 spiro atoms. The molecule has 0 bridgehead atoms. The molecule has 10 heteroatoms. The second kappa shape index (κ2) is 8.86. The number of aromatic nitrogens is 6. The van der Waals surface area contributed by atoms with Gasteiger partial charge in [0.1, 0.15) is 5.65 Å². The van der Waals surface area contributed by atoms with E-state index in [0.717, 1.165) is 64.0 Å². The number of rotatable bonds is 6. The fourth-order valence-electron chi connectivity index (χ4n) is 5.02. The van der Waals surface area contributed by atoms with E-state index in [1.807, 2.05) is 32.4 Å². The van der Waals surface area contributed by atoms with E-state index >= 15 is 0 Å². The van der Waals surface area contributed by atoms with E-state index in [1.54, 1.807) is 4.68 Å². The average molecular weight is 504 g/mol. The number of hydrogen-bond donors (Lipinski definition) is 1. The molecule has 1 fully saturated rings. The summed E-state index contributed by atoms with van der Waals surface area (Å²) in [6, 6.07) is 10.5. The quantitative estimate of drug-likeness (QED) is 0.382. The van der Waals surface area contributed by atoms with Crippen LogP contribution in [-0.2, 0) is 23.3 Å². The van der Waals surface area contributed by atoms with Crippen LogP contribution in [0, 0.1) is 6.92 Å². The molecule has 0 radical (unpaired) electrons. The van der Waals surface area contributed by atoms with Gasteiger partial charge in [-0.3, -0.25) is 14.3 Å². The Morgan fingerprint density at radius 1 is 1.06 bits per heavy atom. The van der Waals surface area contributed by atoms with Crippen LogP contribution < -0.4 is 0 Å². The zero-order valence-corrected chi connectivity index (χ0v) is 21.3. The Morgan fingerprint density at radius 3 is 2.67 bits per heavy atom. The first-order valence-electron chi connectivity index (χ1n) is 12.2. The Hall–Kier alpha value is -3.50. The number of fused-ring (bicyclic) bond motifs is 2. The van der Waals surface area contributed by atoms with Crippen LogP contribution in [0.1, 0.15) is 17.7 Å². The third-order valence-corrected chi connectivity index (χ3v) is 8.71. The molecular weight excluding hydrogens is 474 g/mol. The van der Waals surface area contributed by atoms with E-state index in [2.05, 4.69) is 55.2 Å². The van der Waals surface area contributed by atoms with Crippen molar-refractivity contribution in [2.24, 2.45) is 7.05 Å². The highest BCUT2D eigenvalue weighted by Gasteiger charge is 2.21. The number of pyridine rings is 1. The van der Waals surface area contributed by atoms with Crippen molar-refractivity contribution in [3.05, 3.63) is 60.2 Å². The molecule has 1 aromatic carbocycles. The van der Waals surface area contributed by atoms with Crippen LogP contribution in [-0.4, -0.2) is 74.0 Å². The van der Waals surface area contributed by atoms with E-state index in [4.69, 9.17) is 4.98 Å². The minimum atomic E-state index is -2.85. The number of nitrogens with one attached hydrogen (secondary N) is 1. The van der Waals surface area contributed by atoms with Crippen LogP contribution in [0.4, 0.5) is 0 Å². The summed E-state index contributed by atoms with van der Waals surface area (Å²) in [5, 5.41) is 14.0. The minimum Gasteiger partial charge on any atom is -0.301 e. The minimum absolute atomic E-state index is 0.268. The molecule has 0 atom stereocenters. The molecule has 1 saturated heterocycles. The lowest BCUT2D eigenvalue weighted by atomic mass is 10.1. The number of H-pyrrole nitrogens is 1. The maximum Gasteiger partial charge on any atom is 0.152 e. The highest BCUT2D eigenvalue weighted by Crippen LogP contribution is 2.29. The molecule has 1 N–H and O–H groups in total. The summed E-state index contributed by atoms with van der Waals surface area (Å²) in [7, 11) is -0.939. The lowest BCUT2D eigenvalue weighted by Gasteiger charge is -2.26. The van der Waals surface area contributed by atoms with Crippen LogP contribution >= 0.6 is 0 Å². The Bertz CT molecular complexity index is 1670. The summed E-state index contributed by atoms with van der Waals surface area (Å²) in [5.41, 5.74) is 7.07. The van der Waals surface area contributed by atoms with Gasteiger partial charge in [-0.25, -0.2) is 13.4 Å². The Kier molecular flexibility index (Phi) is 5.65. The first kappa shape index (κ1) is 22.9. The van der Waals surface area contributed by atoms with Gasteiger partial charge in [-0.15, -0.1) is 0 Å². The molecule has 4 aromatic heterocycles. The third kappa shape index (κ3) is 4.31. The number of hydrogen-bond acceptors (Lipinski definition) is 6. The average Bonchev–Trinajstić information content (AvgIpc) is 3.57. The topological polar surface area (TPSA) is 102 Å². The first-order chi connectivity index (χ1) is 17.4. The number of benzene rings is 1. The van der Waals surface area contributed by atoms with Crippen LogP contribution in [0.3, 0.4) is 0 Å². The van der Waals surface area contributed by atoms with Gasteiger partial charge in [0.2, 0.25) is 0 Å². The van der Waals surface area contributed by atoms with Gasteiger partial charge in [-0.05, 0) is 56.1 Å². The Balaban J connectivity index is 1.32. The number of aromatic amines is 1. The Morgan fingerprint density at radius 2 is 1.89 bits per heavy atom. The van der Waals surface area contributed by atoms with Crippen molar-refractivity contribution >= 4 is 31.8 Å². The normalized spacial score (nSPS) is 16.3. The molecular formula is C26H29N7O2S. The van der Waals surface area contributed by atoms with Crippen LogP contribution in [0.5, 0.6) is 0 Å². The van der Waals surface area contributed by atoms with Crippen molar-refractivity contribution < 1.29 is 8.42 Å². The second-order valence-electron chi connectivity index (χ2n) is 9.64. The van der Waals surface area contributed by atoms with E-state index in [1.165, 1.54) is 5.56 Å². The fourth-order valence-corrected chi connectivity index (χ4v) is 6.30. The maximum absolute atomic E-state index is 11.7. The summed E-state index contributed by atoms with van der Waals surface area (Å²) in [5.74, 6) is 0.536. The monoisotopic (exact) mass is 503 g/mol. The summed E-state index contributed by atoms with van der Waals surface area (Å²) in [6.07, 6.45) is 7.88. The molecule has 1 aliphatic rings. The number of sulfone groups is 1. The van der Waals surface area contributed by atoms with E-state index in [0.29, 0.717) is 13.1 Å². The second-order valence-corrected chi connectivity index (χ2v) is 11.9. The van der Waals surface area contributed by atoms with Crippen molar-refractivity contribution in [1.29, 1.82) is 0 Å². The first-order valence-corrected chi connectivity index (χ1v) is 14.1. The van der Waals surface area contributed by atoms with E-state index in [-0.39, 0.29) is 11.5 Å². The predicted molar refractivity (Wildman–Crippen MR) is 141 cm³/mol. The zero-order chi connectivity index (χ0) is 24.9. The zero-order valence-electron chi connectivity index (χ0n) is 20.5. The van der Waals surface area contributed by atoms with Crippen molar-refractivity contribution in [2.45, 2.75) is 19.8 Å². The SMILES string of the molecule is Cc1[nH]nc2ccc(-c3ccc4c(CCCN5CCS(=O)(=O)CC5)cn(-c5cnn(C)c5)c4n3)cc12. The lowest BCUT2D eigenvalue weighted by molar-refractivity contribution is 0.292. The fraction of sp³-hybridized carbons (Fsp3) is 0.346. The number of nitrogens with zero attached hydrogens (tertiary/aromatic N) is 6. The van der Waals surface area contributed by atoms with Gasteiger partial charge in [-0.1, -0.05) is 6.07 Å². The van der Waals surface area contributed by atoms with E-state index < -0.39 is 9.84 Å². The molecule has 1 aliphatic heterocycles. The van der Waals surface area contributed by atoms with Crippen LogP contribution in [0.25, 0.3) is 38.9 Å². The van der Waals surface area contributed by atoms with Crippen molar-refractivity contribution in [3.63, 3.8) is 0 Å². The molecule has 0 amide bonds. The van der Waals surface area contributed by atoms with Gasteiger partial charge in [0, 0.05) is 54.6 Å². The summed E-state index contributed by atoms with van der Waals surface area (Å²) < 4.78 is 27.4. The smallest absolute Gasteiger partial charge is 0.152 e. The van der Waals surface area contributed by atoms with Gasteiger partial charge in [0.25, 0.3) is 0 Å². The van der Waals surface area contributed by atoms with Gasteiger partial charge in [0.15, 0.2) is 9.84 Å². The van der Waals surface area contributed by atoms with Crippen LogP contribution in [0.2, 0.25) is 0 Å². The third-order valence-electron chi connectivity index (χ3n) is 7.10. The summed E-state index contributed by atoms with van der Waals surface area (Å²) >= 11 is 0. The molecule has 9 nitrogen and oxygen atoms in total. The molecule has 0 aliphatic carbocycles. The molecule has 6 rings (SSSR count). The van der Waals surface area contributed by atoms with Crippen molar-refractivity contribution in [2.75, 3.05) is 31.1 Å². The Labute approximate surface area is 209 Å². The van der Waals surface area contributed by atoms with Gasteiger partial charge in [0.05, 0.1) is 34.6 Å². The standard InChI is InChI=1S/C26H29N7O2S/c1-18-23-14-19(5-7-25(23)30-29-18)24-8-6-22-20(4-3-9-32-10-12-36(34,35)13-11-32)16-33(26(22)28-24)21-15-27-31(2)17-21/h5-8,14-17H,3-4,9-13H2,1-2H3,(H,29,30). The number of aryl methyl sites for hydroxylation is 3. The highest BCUT2D eigenvalue weighted by molar-refractivity contribution is 7.91. The van der Waals surface area contributed by atoms with Crippen molar-refractivity contribution in [1.82, 2.24) is 34.4 Å². The van der Waals surface area contributed by atoms with Gasteiger partial charge in [-0.2, -0.15) is 10.2 Å². The van der Waals surface area contributed by atoms with Gasteiger partial charge >= 0.3 is 0 Å². The van der Waals surface area contributed by atoms with E-state index in [9.17, 15) is 8.42 Å².